The van der Waals surface area contributed by atoms with Crippen molar-refractivity contribution in [2.24, 2.45) is 0 Å². The van der Waals surface area contributed by atoms with Crippen molar-refractivity contribution in [3.8, 4) is 11.5 Å². The number of carbonyl (C=O) groups is 2. The maximum atomic E-state index is 12.5. The van der Waals surface area contributed by atoms with Crippen LogP contribution in [0.3, 0.4) is 0 Å². The van der Waals surface area contributed by atoms with Gasteiger partial charge in [-0.1, -0.05) is 6.07 Å². The number of hydrogen-bond acceptors (Lipinski definition) is 5. The number of ether oxygens (including phenoxy) is 2. The second-order valence-corrected chi connectivity index (χ2v) is 6.11. The number of benzene rings is 1. The van der Waals surface area contributed by atoms with Crippen LogP contribution in [0.4, 0.5) is 0 Å². The van der Waals surface area contributed by atoms with Gasteiger partial charge in [-0.15, -0.1) is 0 Å². The molecule has 7 heteroatoms. The molecule has 2 amide bonds. The summed E-state index contributed by atoms with van der Waals surface area (Å²) in [5, 5.41) is 2.66. The van der Waals surface area contributed by atoms with Crippen LogP contribution in [0.1, 0.15) is 34.4 Å². The summed E-state index contributed by atoms with van der Waals surface area (Å²) in [6.07, 6.45) is 0. The van der Waals surface area contributed by atoms with Gasteiger partial charge in [0, 0.05) is 13.1 Å². The molecular weight excluding hydrogens is 348 g/mol. The first-order valence-electron chi connectivity index (χ1n) is 8.73. The minimum Gasteiger partial charge on any atom is -0.493 e. The predicted molar refractivity (Wildman–Crippen MR) is 101 cm³/mol. The monoisotopic (exact) mass is 374 g/mol. The van der Waals surface area contributed by atoms with Gasteiger partial charge in [-0.05, 0) is 44.5 Å². The second-order valence-electron chi connectivity index (χ2n) is 6.11. The first-order valence-corrected chi connectivity index (χ1v) is 8.73. The van der Waals surface area contributed by atoms with Crippen molar-refractivity contribution in [3.05, 3.63) is 46.9 Å². The van der Waals surface area contributed by atoms with Crippen LogP contribution in [0.5, 0.6) is 11.5 Å². The van der Waals surface area contributed by atoms with Gasteiger partial charge in [0.2, 0.25) is 5.91 Å². The van der Waals surface area contributed by atoms with Crippen molar-refractivity contribution in [1.82, 2.24) is 10.2 Å². The van der Waals surface area contributed by atoms with Crippen molar-refractivity contribution in [2.45, 2.75) is 27.3 Å². The van der Waals surface area contributed by atoms with E-state index in [0.717, 1.165) is 5.56 Å². The van der Waals surface area contributed by atoms with Crippen LogP contribution in [-0.4, -0.2) is 44.0 Å². The van der Waals surface area contributed by atoms with E-state index in [0.29, 0.717) is 41.7 Å². The Morgan fingerprint density at radius 3 is 2.37 bits per heavy atom. The standard InChI is InChI=1S/C20H26N2O5/c1-6-22(12-15-7-8-17(25-4)18(10-15)26-5)19(23)11-21-20(24)16-9-13(2)27-14(16)3/h7-10H,6,11-12H2,1-5H3,(H,21,24). The molecule has 1 N–H and O–H groups in total. The van der Waals surface area contributed by atoms with E-state index in [1.165, 1.54) is 0 Å². The van der Waals surface area contributed by atoms with E-state index in [-0.39, 0.29) is 18.4 Å². The number of hydrogen-bond donors (Lipinski definition) is 1. The molecule has 0 atom stereocenters. The van der Waals surface area contributed by atoms with Crippen LogP contribution in [-0.2, 0) is 11.3 Å². The molecule has 0 aliphatic carbocycles. The highest BCUT2D eigenvalue weighted by Crippen LogP contribution is 2.28. The fourth-order valence-corrected chi connectivity index (χ4v) is 2.79. The summed E-state index contributed by atoms with van der Waals surface area (Å²) in [5.41, 5.74) is 1.36. The van der Waals surface area contributed by atoms with E-state index in [1.54, 1.807) is 45.1 Å². The molecule has 0 saturated carbocycles. The Bertz CT molecular complexity index is 813. The molecule has 0 aliphatic rings. The quantitative estimate of drug-likeness (QED) is 0.768. The average Bonchev–Trinajstić information content (AvgIpc) is 3.01. The summed E-state index contributed by atoms with van der Waals surface area (Å²) in [4.78, 5) is 26.4. The predicted octanol–water partition coefficient (Wildman–Crippen LogP) is 2.69. The summed E-state index contributed by atoms with van der Waals surface area (Å²) in [6, 6.07) is 7.19. The van der Waals surface area contributed by atoms with Crippen LogP contribution in [0, 0.1) is 13.8 Å². The van der Waals surface area contributed by atoms with Gasteiger partial charge >= 0.3 is 0 Å². The maximum Gasteiger partial charge on any atom is 0.255 e. The molecule has 0 spiro atoms. The smallest absolute Gasteiger partial charge is 0.255 e. The molecule has 0 unspecified atom stereocenters. The topological polar surface area (TPSA) is 81.0 Å². The Morgan fingerprint density at radius 1 is 1.11 bits per heavy atom. The van der Waals surface area contributed by atoms with Crippen molar-refractivity contribution >= 4 is 11.8 Å². The fourth-order valence-electron chi connectivity index (χ4n) is 2.79. The Labute approximate surface area is 159 Å². The van der Waals surface area contributed by atoms with E-state index < -0.39 is 0 Å². The number of rotatable bonds is 8. The lowest BCUT2D eigenvalue weighted by Crippen LogP contribution is -2.39. The van der Waals surface area contributed by atoms with Crippen molar-refractivity contribution < 1.29 is 23.5 Å². The fraction of sp³-hybridized carbons (Fsp3) is 0.400. The number of likely N-dealkylation sites (N-methyl/N-ethyl adjacent to an activating group) is 1. The first kappa shape index (κ1) is 20.4. The van der Waals surface area contributed by atoms with E-state index in [4.69, 9.17) is 13.9 Å². The average molecular weight is 374 g/mol. The summed E-state index contributed by atoms with van der Waals surface area (Å²) >= 11 is 0. The van der Waals surface area contributed by atoms with Crippen molar-refractivity contribution in [3.63, 3.8) is 0 Å². The van der Waals surface area contributed by atoms with Gasteiger partial charge in [0.15, 0.2) is 11.5 Å². The van der Waals surface area contributed by atoms with Gasteiger partial charge in [-0.25, -0.2) is 0 Å². The number of amides is 2. The third-order valence-electron chi connectivity index (χ3n) is 4.24. The van der Waals surface area contributed by atoms with Crippen LogP contribution in [0.15, 0.2) is 28.7 Å². The molecule has 1 aromatic heterocycles. The summed E-state index contributed by atoms with van der Waals surface area (Å²) in [7, 11) is 3.14. The normalized spacial score (nSPS) is 10.4. The Kier molecular flexibility index (Phi) is 6.87. The third kappa shape index (κ3) is 5.03. The number of carbonyl (C=O) groups excluding carboxylic acids is 2. The number of methoxy groups -OCH3 is 2. The molecule has 0 saturated heterocycles. The molecule has 2 rings (SSSR count). The zero-order chi connectivity index (χ0) is 20.0. The van der Waals surface area contributed by atoms with Crippen molar-refractivity contribution in [2.75, 3.05) is 27.3 Å². The SMILES string of the molecule is CCN(Cc1ccc(OC)c(OC)c1)C(=O)CNC(=O)c1cc(C)oc1C. The zero-order valence-electron chi connectivity index (χ0n) is 16.4. The molecule has 0 radical (unpaired) electrons. The van der Waals surface area contributed by atoms with Gasteiger partial charge < -0.3 is 24.1 Å². The molecule has 7 nitrogen and oxygen atoms in total. The van der Waals surface area contributed by atoms with Crippen LogP contribution in [0.25, 0.3) is 0 Å². The Morgan fingerprint density at radius 2 is 1.81 bits per heavy atom. The van der Waals surface area contributed by atoms with Gasteiger partial charge in [0.1, 0.15) is 11.5 Å². The minimum atomic E-state index is -0.320. The number of furan rings is 1. The number of nitrogens with one attached hydrogen (secondary N) is 1. The van der Waals surface area contributed by atoms with Crippen molar-refractivity contribution in [1.29, 1.82) is 0 Å². The second kappa shape index (κ2) is 9.12. The van der Waals surface area contributed by atoms with Crippen LogP contribution in [0.2, 0.25) is 0 Å². The minimum absolute atomic E-state index is 0.0797. The highest BCUT2D eigenvalue weighted by Gasteiger charge is 2.17. The summed E-state index contributed by atoms with van der Waals surface area (Å²) in [5.74, 6) is 1.95. The van der Waals surface area contributed by atoms with E-state index in [1.807, 2.05) is 19.1 Å². The molecule has 1 aromatic carbocycles. The molecule has 146 valence electrons. The molecule has 2 aromatic rings. The zero-order valence-corrected chi connectivity index (χ0v) is 16.4. The van der Waals surface area contributed by atoms with E-state index >= 15 is 0 Å². The Balaban J connectivity index is 1.99. The lowest BCUT2D eigenvalue weighted by Gasteiger charge is -2.22. The Hall–Kier alpha value is -2.96. The van der Waals surface area contributed by atoms with Crippen LogP contribution < -0.4 is 14.8 Å². The molecule has 0 fully saturated rings. The lowest BCUT2D eigenvalue weighted by molar-refractivity contribution is -0.130. The molecule has 0 bridgehead atoms. The molecule has 0 aliphatic heterocycles. The van der Waals surface area contributed by atoms with E-state index in [2.05, 4.69) is 5.32 Å². The molecular formula is C20H26N2O5. The van der Waals surface area contributed by atoms with Gasteiger partial charge in [-0.2, -0.15) is 0 Å². The maximum absolute atomic E-state index is 12.5. The van der Waals surface area contributed by atoms with E-state index in [9.17, 15) is 9.59 Å². The summed E-state index contributed by atoms with van der Waals surface area (Å²) < 4.78 is 15.9. The highest BCUT2D eigenvalue weighted by atomic mass is 16.5. The number of nitrogens with zero attached hydrogens (tertiary/aromatic N) is 1. The summed E-state index contributed by atoms with van der Waals surface area (Å²) in [6.45, 7) is 6.24. The lowest BCUT2D eigenvalue weighted by atomic mass is 10.2. The molecule has 27 heavy (non-hydrogen) atoms. The highest BCUT2D eigenvalue weighted by molar-refractivity contribution is 5.97. The third-order valence-corrected chi connectivity index (χ3v) is 4.24. The van der Waals surface area contributed by atoms with Gasteiger partial charge in [-0.3, -0.25) is 9.59 Å². The number of aryl methyl sites for hydroxylation is 2. The first-order chi connectivity index (χ1) is 12.9. The van der Waals surface area contributed by atoms with Crippen LogP contribution >= 0.6 is 0 Å². The molecule has 1 heterocycles. The van der Waals surface area contributed by atoms with Gasteiger partial charge in [0.05, 0.1) is 26.3 Å². The largest absolute Gasteiger partial charge is 0.493 e. The van der Waals surface area contributed by atoms with Gasteiger partial charge in [0.25, 0.3) is 5.91 Å².